The number of benzene rings is 1. The van der Waals surface area contributed by atoms with Crippen LogP contribution >= 0.6 is 0 Å². The van der Waals surface area contributed by atoms with Crippen LogP contribution in [0.1, 0.15) is 23.0 Å². The Labute approximate surface area is 157 Å². The zero-order valence-electron chi connectivity index (χ0n) is 15.7. The van der Waals surface area contributed by atoms with Gasteiger partial charge in [0.2, 0.25) is 0 Å². The molecule has 3 rings (SSSR count). The maximum atomic E-state index is 12.3. The Hall–Kier alpha value is -3.42. The molecule has 0 radical (unpaired) electrons. The molecule has 0 bridgehead atoms. The van der Waals surface area contributed by atoms with Gasteiger partial charge in [-0.05, 0) is 37.3 Å². The maximum absolute atomic E-state index is 12.3. The molecular formula is C19H21N5O3. The quantitative estimate of drug-likeness (QED) is 0.619. The molecule has 0 saturated heterocycles. The average Bonchev–Trinajstić information content (AvgIpc) is 3.10. The lowest BCUT2D eigenvalue weighted by Crippen LogP contribution is -2.12. The number of hydrogen-bond acceptors (Lipinski definition) is 7. The monoisotopic (exact) mass is 367 g/mol. The van der Waals surface area contributed by atoms with E-state index in [9.17, 15) is 4.79 Å². The molecule has 0 aliphatic carbocycles. The second-order valence-electron chi connectivity index (χ2n) is 5.93. The Balaban J connectivity index is 2.13. The zero-order valence-corrected chi connectivity index (χ0v) is 15.7. The molecule has 0 aliphatic heterocycles. The molecule has 0 unspecified atom stereocenters. The van der Waals surface area contributed by atoms with Crippen LogP contribution in [0, 0.1) is 0 Å². The molecule has 1 aromatic carbocycles. The van der Waals surface area contributed by atoms with Crippen molar-refractivity contribution < 1.29 is 14.3 Å². The summed E-state index contributed by atoms with van der Waals surface area (Å²) in [7, 11) is 5.40. The summed E-state index contributed by atoms with van der Waals surface area (Å²) >= 11 is 0. The average molecular weight is 367 g/mol. The molecule has 140 valence electrons. The summed E-state index contributed by atoms with van der Waals surface area (Å²) in [6, 6.07) is 7.42. The number of aromatic nitrogens is 4. The molecule has 0 fully saturated rings. The van der Waals surface area contributed by atoms with Gasteiger partial charge in [-0.2, -0.15) is 9.50 Å². The largest absolute Gasteiger partial charge is 0.497 e. The van der Waals surface area contributed by atoms with E-state index in [0.29, 0.717) is 22.9 Å². The van der Waals surface area contributed by atoms with Gasteiger partial charge in [-0.1, -0.05) is 0 Å². The van der Waals surface area contributed by atoms with E-state index in [1.54, 1.807) is 24.6 Å². The van der Waals surface area contributed by atoms with Crippen molar-refractivity contribution in [3.63, 3.8) is 0 Å². The lowest BCUT2D eigenvalue weighted by atomic mass is 10.2. The second-order valence-corrected chi connectivity index (χ2v) is 5.93. The van der Waals surface area contributed by atoms with E-state index >= 15 is 0 Å². The van der Waals surface area contributed by atoms with Crippen LogP contribution in [0.5, 0.6) is 5.75 Å². The van der Waals surface area contributed by atoms with E-state index in [-0.39, 0.29) is 6.61 Å². The van der Waals surface area contributed by atoms with Gasteiger partial charge in [0, 0.05) is 32.1 Å². The zero-order chi connectivity index (χ0) is 19.4. The molecule has 8 heteroatoms. The fourth-order valence-electron chi connectivity index (χ4n) is 2.46. The third-order valence-corrected chi connectivity index (χ3v) is 3.78. The molecule has 0 spiro atoms. The highest BCUT2D eigenvalue weighted by Crippen LogP contribution is 2.21. The first kappa shape index (κ1) is 18.4. The molecule has 2 aromatic heterocycles. The molecule has 0 saturated carbocycles. The minimum atomic E-state index is -0.452. The van der Waals surface area contributed by atoms with Crippen molar-refractivity contribution in [3.8, 4) is 17.1 Å². The number of carbonyl (C=O) groups excluding carboxylic acids is 1. The van der Waals surface area contributed by atoms with E-state index in [0.717, 1.165) is 11.3 Å². The Kier molecular flexibility index (Phi) is 5.35. The van der Waals surface area contributed by atoms with Crippen molar-refractivity contribution in [2.24, 2.45) is 0 Å². The Morgan fingerprint density at radius 1 is 1.26 bits per heavy atom. The van der Waals surface area contributed by atoms with Crippen molar-refractivity contribution in [3.05, 3.63) is 47.9 Å². The summed E-state index contributed by atoms with van der Waals surface area (Å²) in [6.45, 7) is 2.04. The van der Waals surface area contributed by atoms with E-state index in [1.807, 2.05) is 49.5 Å². The molecule has 27 heavy (non-hydrogen) atoms. The lowest BCUT2D eigenvalue weighted by Gasteiger charge is -2.08. The number of esters is 1. The Bertz CT molecular complexity index is 977. The number of ether oxygens (including phenoxy) is 2. The van der Waals surface area contributed by atoms with Crippen LogP contribution in [0.4, 0.5) is 0 Å². The maximum Gasteiger partial charge on any atom is 0.341 e. The number of methoxy groups -OCH3 is 1. The smallest absolute Gasteiger partial charge is 0.341 e. The molecule has 0 amide bonds. The number of hydrogen-bond donors (Lipinski definition) is 0. The van der Waals surface area contributed by atoms with Gasteiger partial charge < -0.3 is 14.4 Å². The summed E-state index contributed by atoms with van der Waals surface area (Å²) < 4.78 is 11.9. The fourth-order valence-corrected chi connectivity index (χ4v) is 2.46. The van der Waals surface area contributed by atoms with Crippen LogP contribution in [-0.4, -0.2) is 58.3 Å². The molecule has 0 atom stereocenters. The lowest BCUT2D eigenvalue weighted by molar-refractivity contribution is 0.0525. The minimum Gasteiger partial charge on any atom is -0.497 e. The number of nitrogens with zero attached hydrogens (tertiary/aromatic N) is 5. The van der Waals surface area contributed by atoms with Crippen LogP contribution in [0.2, 0.25) is 0 Å². The first-order valence-corrected chi connectivity index (χ1v) is 8.45. The molecule has 2 heterocycles. The predicted octanol–water partition coefficient (Wildman–Crippen LogP) is 2.51. The van der Waals surface area contributed by atoms with Crippen molar-refractivity contribution in [2.75, 3.05) is 27.8 Å². The summed E-state index contributed by atoms with van der Waals surface area (Å²) in [5, 5.41) is 4.54. The third kappa shape index (κ3) is 3.89. The molecule has 0 N–H and O–H groups in total. The SMILES string of the molecule is CCOC(=O)c1cnc2nc(-c3ccc(OC)cc3)nn2c1/C=C/N(C)C. The Morgan fingerprint density at radius 2 is 2.00 bits per heavy atom. The normalized spacial score (nSPS) is 11.1. The van der Waals surface area contributed by atoms with Crippen LogP contribution in [-0.2, 0) is 4.74 Å². The van der Waals surface area contributed by atoms with Crippen molar-refractivity contribution in [2.45, 2.75) is 6.92 Å². The van der Waals surface area contributed by atoms with Crippen molar-refractivity contribution in [1.29, 1.82) is 0 Å². The minimum absolute atomic E-state index is 0.280. The fraction of sp³-hybridized carbons (Fsp3) is 0.263. The van der Waals surface area contributed by atoms with Gasteiger partial charge in [0.1, 0.15) is 11.3 Å². The van der Waals surface area contributed by atoms with Gasteiger partial charge in [-0.25, -0.2) is 9.78 Å². The van der Waals surface area contributed by atoms with E-state index < -0.39 is 5.97 Å². The van der Waals surface area contributed by atoms with Crippen LogP contribution < -0.4 is 4.74 Å². The van der Waals surface area contributed by atoms with Gasteiger partial charge in [0.25, 0.3) is 5.78 Å². The topological polar surface area (TPSA) is 81.8 Å². The van der Waals surface area contributed by atoms with Gasteiger partial charge >= 0.3 is 5.97 Å². The molecular weight excluding hydrogens is 346 g/mol. The molecule has 3 aromatic rings. The summed E-state index contributed by atoms with van der Waals surface area (Å²) in [5.74, 6) is 1.20. The van der Waals surface area contributed by atoms with Gasteiger partial charge in [0.15, 0.2) is 5.82 Å². The van der Waals surface area contributed by atoms with E-state index in [2.05, 4.69) is 15.1 Å². The van der Waals surface area contributed by atoms with E-state index in [4.69, 9.17) is 9.47 Å². The number of rotatable bonds is 6. The standard InChI is InChI=1S/C19H21N5O3/c1-5-27-18(25)15-12-20-19-21-17(13-6-8-14(26-4)9-7-13)22-24(19)16(15)10-11-23(2)3/h6-12H,5H2,1-4H3/b11-10+. The van der Waals surface area contributed by atoms with E-state index in [1.165, 1.54) is 6.20 Å². The van der Waals surface area contributed by atoms with Gasteiger partial charge in [-0.15, -0.1) is 5.10 Å². The first-order valence-electron chi connectivity index (χ1n) is 8.45. The van der Waals surface area contributed by atoms with Gasteiger partial charge in [0.05, 0.1) is 19.4 Å². The summed E-state index contributed by atoms with van der Waals surface area (Å²) in [6.07, 6.45) is 5.08. The summed E-state index contributed by atoms with van der Waals surface area (Å²) in [4.78, 5) is 22.9. The van der Waals surface area contributed by atoms with Crippen molar-refractivity contribution in [1.82, 2.24) is 24.5 Å². The highest BCUT2D eigenvalue weighted by molar-refractivity contribution is 5.93. The Morgan fingerprint density at radius 3 is 2.63 bits per heavy atom. The second kappa shape index (κ2) is 7.86. The van der Waals surface area contributed by atoms with Gasteiger partial charge in [-0.3, -0.25) is 0 Å². The van der Waals surface area contributed by atoms with Crippen LogP contribution in [0.15, 0.2) is 36.7 Å². The molecule has 0 aliphatic rings. The molecule has 8 nitrogen and oxygen atoms in total. The number of fused-ring (bicyclic) bond motifs is 1. The van der Waals surface area contributed by atoms with Crippen LogP contribution in [0.3, 0.4) is 0 Å². The summed E-state index contributed by atoms with van der Waals surface area (Å²) in [5.41, 5.74) is 1.70. The predicted molar refractivity (Wildman–Crippen MR) is 101 cm³/mol. The van der Waals surface area contributed by atoms with Crippen LogP contribution in [0.25, 0.3) is 23.2 Å². The first-order chi connectivity index (χ1) is 13.0. The van der Waals surface area contributed by atoms with Crippen molar-refractivity contribution >= 4 is 17.8 Å². The highest BCUT2D eigenvalue weighted by atomic mass is 16.5. The third-order valence-electron chi connectivity index (χ3n) is 3.78. The highest BCUT2D eigenvalue weighted by Gasteiger charge is 2.18. The number of carbonyl (C=O) groups is 1.